The monoisotopic (exact) mass is 745 g/mol. The van der Waals surface area contributed by atoms with Crippen LogP contribution in [0.1, 0.15) is 0 Å². The van der Waals surface area contributed by atoms with Gasteiger partial charge in [-0.15, -0.1) is 11.3 Å². The van der Waals surface area contributed by atoms with Crippen molar-refractivity contribution < 1.29 is 0 Å². The standard InChI is InChI=1S/C51H31N5S/c1-3-13-32(14-4-1)34-23-26-39-40-27-24-35(33-15-5-2-6-16-33)31-46(40)56(45(39)30-34)51-53-49(36-25-28-48-42(29-36)41-19-9-12-22-47(41)57-48)52-50(54-51)55-43-20-10-7-17-37(43)38-18-8-11-21-44(38)55/h1-31H. The van der Waals surface area contributed by atoms with Crippen molar-refractivity contribution >= 4 is 75.1 Å². The average molecular weight is 746 g/mol. The number of aromatic nitrogens is 5. The molecule has 0 saturated heterocycles. The van der Waals surface area contributed by atoms with E-state index >= 15 is 0 Å². The summed E-state index contributed by atoms with van der Waals surface area (Å²) in [4.78, 5) is 16.2. The number of thiophene rings is 1. The van der Waals surface area contributed by atoms with E-state index in [1.807, 2.05) is 11.3 Å². The number of fused-ring (bicyclic) bond motifs is 9. The first-order valence-corrected chi connectivity index (χ1v) is 19.9. The zero-order valence-corrected chi connectivity index (χ0v) is 31.4. The van der Waals surface area contributed by atoms with Crippen molar-refractivity contribution in [2.45, 2.75) is 0 Å². The minimum atomic E-state index is 0.558. The largest absolute Gasteiger partial charge is 0.278 e. The highest BCUT2D eigenvalue weighted by molar-refractivity contribution is 7.25. The summed E-state index contributed by atoms with van der Waals surface area (Å²) < 4.78 is 6.93. The molecular formula is C51H31N5S. The summed E-state index contributed by atoms with van der Waals surface area (Å²) in [7, 11) is 0. The van der Waals surface area contributed by atoms with Gasteiger partial charge in [-0.1, -0.05) is 140 Å². The Hall–Kier alpha value is -7.41. The Morgan fingerprint density at radius 2 is 0.754 bits per heavy atom. The van der Waals surface area contributed by atoms with Crippen LogP contribution >= 0.6 is 11.3 Å². The van der Waals surface area contributed by atoms with Crippen molar-refractivity contribution in [1.29, 1.82) is 0 Å². The Bertz CT molecular complexity index is 3370. The van der Waals surface area contributed by atoms with E-state index in [-0.39, 0.29) is 0 Å². The van der Waals surface area contributed by atoms with Gasteiger partial charge in [0.05, 0.1) is 22.1 Å². The van der Waals surface area contributed by atoms with Gasteiger partial charge in [-0.05, 0) is 70.8 Å². The molecular weight excluding hydrogens is 715 g/mol. The summed E-state index contributed by atoms with van der Waals surface area (Å²) in [5.41, 5.74) is 9.64. The molecule has 12 rings (SSSR count). The fourth-order valence-electron chi connectivity index (χ4n) is 8.54. The summed E-state index contributed by atoms with van der Waals surface area (Å²) in [6.45, 7) is 0. The molecule has 4 heterocycles. The second-order valence-electron chi connectivity index (χ2n) is 14.5. The third kappa shape index (κ3) is 5.04. The molecule has 0 fully saturated rings. The molecule has 0 amide bonds. The molecule has 4 aromatic heterocycles. The van der Waals surface area contributed by atoms with Gasteiger partial charge in [0.15, 0.2) is 5.82 Å². The van der Waals surface area contributed by atoms with E-state index in [2.05, 4.69) is 197 Å². The highest BCUT2D eigenvalue weighted by atomic mass is 32.1. The molecule has 0 radical (unpaired) electrons. The molecule has 0 aliphatic heterocycles. The number of rotatable bonds is 5. The van der Waals surface area contributed by atoms with Crippen molar-refractivity contribution in [2.75, 3.05) is 0 Å². The van der Waals surface area contributed by atoms with Gasteiger partial charge in [-0.2, -0.15) is 15.0 Å². The molecule has 0 saturated carbocycles. The summed E-state index contributed by atoms with van der Waals surface area (Å²) in [5.74, 6) is 1.74. The number of hydrogen-bond donors (Lipinski definition) is 0. The molecule has 0 N–H and O–H groups in total. The lowest BCUT2D eigenvalue weighted by Gasteiger charge is -2.13. The lowest BCUT2D eigenvalue weighted by Crippen LogP contribution is -2.10. The first kappa shape index (κ1) is 31.9. The topological polar surface area (TPSA) is 48.5 Å². The Kier molecular flexibility index (Phi) is 7.03. The highest BCUT2D eigenvalue weighted by Gasteiger charge is 2.22. The van der Waals surface area contributed by atoms with E-state index in [0.29, 0.717) is 17.7 Å². The van der Waals surface area contributed by atoms with Crippen LogP contribution in [0.15, 0.2) is 188 Å². The van der Waals surface area contributed by atoms with Crippen molar-refractivity contribution in [3.05, 3.63) is 188 Å². The predicted molar refractivity (Wildman–Crippen MR) is 238 cm³/mol. The molecule has 0 spiro atoms. The molecule has 266 valence electrons. The van der Waals surface area contributed by atoms with Crippen LogP contribution in [0, 0.1) is 0 Å². The normalized spacial score (nSPS) is 11.9. The maximum Gasteiger partial charge on any atom is 0.240 e. The second-order valence-corrected chi connectivity index (χ2v) is 15.6. The molecule has 0 bridgehead atoms. The summed E-state index contributed by atoms with van der Waals surface area (Å²) in [6.07, 6.45) is 0. The number of benzene rings is 8. The van der Waals surface area contributed by atoms with Gasteiger partial charge in [0.2, 0.25) is 11.9 Å². The molecule has 0 unspecified atom stereocenters. The molecule has 6 heteroatoms. The smallest absolute Gasteiger partial charge is 0.240 e. The number of nitrogens with zero attached hydrogens (tertiary/aromatic N) is 5. The fraction of sp³-hybridized carbons (Fsp3) is 0. The molecule has 0 atom stereocenters. The van der Waals surface area contributed by atoms with Gasteiger partial charge >= 0.3 is 0 Å². The lowest BCUT2D eigenvalue weighted by atomic mass is 10.0. The molecule has 0 aliphatic rings. The predicted octanol–water partition coefficient (Wildman–Crippen LogP) is 13.4. The van der Waals surface area contributed by atoms with E-state index in [9.17, 15) is 0 Å². The van der Waals surface area contributed by atoms with Crippen LogP contribution in [0.3, 0.4) is 0 Å². The average Bonchev–Trinajstić information content (AvgIpc) is 3.94. The minimum absolute atomic E-state index is 0.558. The zero-order valence-electron chi connectivity index (χ0n) is 30.5. The van der Waals surface area contributed by atoms with Gasteiger partial charge in [0.25, 0.3) is 0 Å². The van der Waals surface area contributed by atoms with E-state index in [0.717, 1.165) is 71.4 Å². The van der Waals surface area contributed by atoms with Crippen LogP contribution < -0.4 is 0 Å². The van der Waals surface area contributed by atoms with Gasteiger partial charge in [0.1, 0.15) is 0 Å². The van der Waals surface area contributed by atoms with E-state index in [4.69, 9.17) is 15.0 Å². The third-order valence-electron chi connectivity index (χ3n) is 11.2. The van der Waals surface area contributed by atoms with E-state index in [1.54, 1.807) is 0 Å². The van der Waals surface area contributed by atoms with Crippen molar-refractivity contribution in [2.24, 2.45) is 0 Å². The number of hydrogen-bond acceptors (Lipinski definition) is 4. The maximum atomic E-state index is 5.46. The van der Waals surface area contributed by atoms with Crippen LogP contribution in [0.25, 0.3) is 109 Å². The van der Waals surface area contributed by atoms with Gasteiger partial charge in [0, 0.05) is 47.3 Å². The Labute approximate surface area is 331 Å². The fourth-order valence-corrected chi connectivity index (χ4v) is 9.63. The summed E-state index contributed by atoms with van der Waals surface area (Å²) >= 11 is 1.81. The molecule has 12 aromatic rings. The van der Waals surface area contributed by atoms with Gasteiger partial charge < -0.3 is 0 Å². The quantitative estimate of drug-likeness (QED) is 0.176. The maximum absolute atomic E-state index is 5.46. The van der Waals surface area contributed by atoms with Gasteiger partial charge in [-0.3, -0.25) is 9.13 Å². The SMILES string of the molecule is c1ccc(-c2ccc3c4ccc(-c5ccccc5)cc4n(-c4nc(-c5ccc6sc7ccccc7c6c5)nc(-n5c6ccccc6c6ccccc65)n4)c3c2)cc1. The minimum Gasteiger partial charge on any atom is -0.278 e. The molecule has 8 aromatic carbocycles. The van der Waals surface area contributed by atoms with Gasteiger partial charge in [-0.25, -0.2) is 0 Å². The lowest BCUT2D eigenvalue weighted by molar-refractivity contribution is 0.893. The molecule has 57 heavy (non-hydrogen) atoms. The van der Waals surface area contributed by atoms with Crippen LogP contribution in [0.4, 0.5) is 0 Å². The Morgan fingerprint density at radius 1 is 0.298 bits per heavy atom. The van der Waals surface area contributed by atoms with Crippen LogP contribution in [-0.2, 0) is 0 Å². The first-order valence-electron chi connectivity index (χ1n) is 19.1. The summed E-state index contributed by atoms with van der Waals surface area (Å²) in [5, 5.41) is 7.01. The van der Waals surface area contributed by atoms with Crippen LogP contribution in [0.5, 0.6) is 0 Å². The van der Waals surface area contributed by atoms with Crippen molar-refractivity contribution in [3.8, 4) is 45.5 Å². The van der Waals surface area contributed by atoms with E-state index in [1.165, 1.54) is 20.2 Å². The van der Waals surface area contributed by atoms with Crippen LogP contribution in [0.2, 0.25) is 0 Å². The third-order valence-corrected chi connectivity index (χ3v) is 12.4. The number of para-hydroxylation sites is 2. The summed E-state index contributed by atoms with van der Waals surface area (Å²) in [6, 6.07) is 66.8. The Morgan fingerprint density at radius 3 is 1.35 bits per heavy atom. The van der Waals surface area contributed by atoms with Crippen LogP contribution in [-0.4, -0.2) is 24.1 Å². The van der Waals surface area contributed by atoms with Crippen molar-refractivity contribution in [1.82, 2.24) is 24.1 Å². The second kappa shape index (κ2) is 12.6. The molecule has 5 nitrogen and oxygen atoms in total. The first-order chi connectivity index (χ1) is 28.2. The van der Waals surface area contributed by atoms with E-state index < -0.39 is 0 Å². The molecule has 0 aliphatic carbocycles. The highest BCUT2D eigenvalue weighted by Crippen LogP contribution is 2.39. The zero-order chi connectivity index (χ0) is 37.5. The Balaban J connectivity index is 1.19. The van der Waals surface area contributed by atoms with Crippen molar-refractivity contribution in [3.63, 3.8) is 0 Å².